The quantitative estimate of drug-likeness (QED) is 0.635. The average Bonchev–Trinajstić information content (AvgIpc) is 2.54. The number of phenols is 1. The molecular weight excluding hydrogens is 284 g/mol. The van der Waals surface area contributed by atoms with Crippen LogP contribution in [0, 0.1) is 34.0 Å². The molecule has 0 atom stereocenters. The van der Waals surface area contributed by atoms with Gasteiger partial charge in [-0.2, -0.15) is 15.8 Å². The van der Waals surface area contributed by atoms with E-state index in [1.807, 2.05) is 6.07 Å². The molecule has 0 heterocycles. The molecule has 0 radical (unpaired) electrons. The topological polar surface area (TPSA) is 136 Å². The molecule has 1 aromatic carbocycles. The molecule has 0 bridgehead atoms. The van der Waals surface area contributed by atoms with Crippen LogP contribution in [0.15, 0.2) is 29.0 Å². The molecule has 0 aliphatic rings. The zero-order chi connectivity index (χ0) is 16.7. The van der Waals surface area contributed by atoms with E-state index in [1.54, 1.807) is 12.1 Å². The van der Waals surface area contributed by atoms with Crippen molar-refractivity contribution in [3.8, 4) is 35.5 Å². The highest BCUT2D eigenvalue weighted by molar-refractivity contribution is 5.69. The first-order valence-corrected chi connectivity index (χ1v) is 5.89. The van der Waals surface area contributed by atoms with E-state index in [0.717, 1.165) is 0 Å². The number of nitrogens with two attached hydrogens (primary N) is 1. The van der Waals surface area contributed by atoms with E-state index in [9.17, 15) is 5.11 Å². The van der Waals surface area contributed by atoms with Crippen LogP contribution in [-0.4, -0.2) is 19.3 Å². The molecule has 7 heteroatoms. The lowest BCUT2D eigenvalue weighted by Gasteiger charge is -2.10. The van der Waals surface area contributed by atoms with E-state index >= 15 is 0 Å². The van der Waals surface area contributed by atoms with E-state index in [4.69, 9.17) is 31.0 Å². The Morgan fingerprint density at radius 1 is 1.09 bits per heavy atom. The normalized spacial score (nSPS) is 9.86. The summed E-state index contributed by atoms with van der Waals surface area (Å²) in [6, 6.07) is 7.98. The van der Waals surface area contributed by atoms with Crippen LogP contribution in [0.4, 0.5) is 0 Å². The predicted molar refractivity (Wildman–Crippen MR) is 77.2 cm³/mol. The summed E-state index contributed by atoms with van der Waals surface area (Å²) in [5.41, 5.74) is 5.45. The van der Waals surface area contributed by atoms with Gasteiger partial charge in [0.05, 0.1) is 25.5 Å². The molecule has 0 unspecified atom stereocenters. The first kappa shape index (κ1) is 16.4. The number of allylic oxidation sites excluding steroid dienone is 2. The minimum absolute atomic E-state index is 0.0621. The van der Waals surface area contributed by atoms with Crippen LogP contribution in [0.2, 0.25) is 0 Å². The highest BCUT2D eigenvalue weighted by atomic mass is 16.5. The van der Waals surface area contributed by atoms with Gasteiger partial charge in [-0.25, -0.2) is 0 Å². The fourth-order valence-electron chi connectivity index (χ4n) is 1.61. The van der Waals surface area contributed by atoms with Crippen molar-refractivity contribution in [2.45, 2.75) is 0 Å². The maximum absolute atomic E-state index is 9.82. The standard InChI is InChI=1S/C15H12N4O3/c1-21-12-4-9(5-13(22-2)15(12)20)3-10(6-16)14(19)11(7-17)8-18/h3-5,20H,19H2,1-2H3. The molecule has 3 N–H and O–H groups in total. The van der Waals surface area contributed by atoms with Crippen molar-refractivity contribution in [1.82, 2.24) is 0 Å². The van der Waals surface area contributed by atoms with Crippen molar-refractivity contribution in [3.63, 3.8) is 0 Å². The largest absolute Gasteiger partial charge is 0.502 e. The van der Waals surface area contributed by atoms with Crippen LogP contribution < -0.4 is 15.2 Å². The molecule has 0 aliphatic carbocycles. The fraction of sp³-hybridized carbons (Fsp3) is 0.133. The van der Waals surface area contributed by atoms with Gasteiger partial charge in [-0.1, -0.05) is 0 Å². The third-order valence-corrected chi connectivity index (χ3v) is 2.72. The Bertz CT molecular complexity index is 732. The van der Waals surface area contributed by atoms with Crippen LogP contribution in [0.25, 0.3) is 6.08 Å². The summed E-state index contributed by atoms with van der Waals surface area (Å²) in [4.78, 5) is 0. The predicted octanol–water partition coefficient (Wildman–Crippen LogP) is 1.58. The van der Waals surface area contributed by atoms with E-state index in [0.29, 0.717) is 5.56 Å². The number of nitriles is 3. The monoisotopic (exact) mass is 296 g/mol. The maximum atomic E-state index is 9.82. The maximum Gasteiger partial charge on any atom is 0.200 e. The number of nitrogens with zero attached hydrogens (tertiary/aromatic N) is 3. The molecule has 0 spiro atoms. The molecule has 0 saturated heterocycles. The van der Waals surface area contributed by atoms with Gasteiger partial charge in [0.25, 0.3) is 0 Å². The Morgan fingerprint density at radius 2 is 1.59 bits per heavy atom. The first-order chi connectivity index (χ1) is 10.5. The van der Waals surface area contributed by atoms with Gasteiger partial charge in [-0.3, -0.25) is 0 Å². The van der Waals surface area contributed by atoms with Gasteiger partial charge in [-0.05, 0) is 23.8 Å². The molecule has 110 valence electrons. The third-order valence-electron chi connectivity index (χ3n) is 2.72. The number of rotatable bonds is 4. The smallest absolute Gasteiger partial charge is 0.200 e. The van der Waals surface area contributed by atoms with Crippen molar-refractivity contribution in [3.05, 3.63) is 34.5 Å². The zero-order valence-electron chi connectivity index (χ0n) is 11.9. The highest BCUT2D eigenvalue weighted by Crippen LogP contribution is 2.37. The summed E-state index contributed by atoms with van der Waals surface area (Å²) >= 11 is 0. The summed E-state index contributed by atoms with van der Waals surface area (Å²) in [5, 5.41) is 36.5. The summed E-state index contributed by atoms with van der Waals surface area (Å²) in [6.07, 6.45) is 1.36. The Morgan fingerprint density at radius 3 is 1.95 bits per heavy atom. The molecule has 1 aromatic rings. The summed E-state index contributed by atoms with van der Waals surface area (Å²) in [7, 11) is 2.73. The number of ether oxygens (including phenoxy) is 2. The number of aromatic hydroxyl groups is 1. The van der Waals surface area contributed by atoms with Gasteiger partial charge in [0, 0.05) is 0 Å². The first-order valence-electron chi connectivity index (χ1n) is 5.89. The van der Waals surface area contributed by atoms with E-state index in [1.165, 1.54) is 32.4 Å². The minimum Gasteiger partial charge on any atom is -0.502 e. The molecule has 7 nitrogen and oxygen atoms in total. The van der Waals surface area contributed by atoms with Crippen LogP contribution in [0.1, 0.15) is 5.56 Å². The molecule has 0 amide bonds. The SMILES string of the molecule is COc1cc(C=C(C#N)C(N)=C(C#N)C#N)cc(OC)c1O. The van der Waals surface area contributed by atoms with Crippen LogP contribution >= 0.6 is 0 Å². The van der Waals surface area contributed by atoms with Gasteiger partial charge in [0.1, 0.15) is 18.2 Å². The number of benzene rings is 1. The van der Waals surface area contributed by atoms with Crippen LogP contribution in [0.3, 0.4) is 0 Å². The molecule has 0 saturated carbocycles. The number of methoxy groups -OCH3 is 2. The molecule has 22 heavy (non-hydrogen) atoms. The Balaban J connectivity index is 3.50. The third kappa shape index (κ3) is 3.27. The van der Waals surface area contributed by atoms with Crippen molar-refractivity contribution < 1.29 is 14.6 Å². The van der Waals surface area contributed by atoms with Gasteiger partial charge < -0.3 is 20.3 Å². The van der Waals surface area contributed by atoms with Crippen molar-refractivity contribution >= 4 is 6.08 Å². The summed E-state index contributed by atoms with van der Waals surface area (Å²) in [6.45, 7) is 0. The average molecular weight is 296 g/mol. The lowest BCUT2D eigenvalue weighted by molar-refractivity contribution is 0.340. The second-order valence-electron chi connectivity index (χ2n) is 3.96. The van der Waals surface area contributed by atoms with Gasteiger partial charge in [0.2, 0.25) is 5.75 Å². The number of phenolic OH excluding ortho intramolecular Hbond substituents is 1. The van der Waals surface area contributed by atoms with Crippen molar-refractivity contribution in [2.24, 2.45) is 5.73 Å². The molecule has 0 fully saturated rings. The van der Waals surface area contributed by atoms with Crippen LogP contribution in [-0.2, 0) is 0 Å². The summed E-state index contributed by atoms with van der Waals surface area (Å²) in [5.74, 6) is 0.108. The Labute approximate surface area is 127 Å². The van der Waals surface area contributed by atoms with E-state index < -0.39 is 0 Å². The highest BCUT2D eigenvalue weighted by Gasteiger charge is 2.12. The zero-order valence-corrected chi connectivity index (χ0v) is 11.9. The Hall–Kier alpha value is -3.63. The van der Waals surface area contributed by atoms with E-state index in [-0.39, 0.29) is 34.1 Å². The second kappa shape index (κ2) is 7.23. The minimum atomic E-state index is -0.356. The Kier molecular flexibility index (Phi) is 5.40. The van der Waals surface area contributed by atoms with Crippen molar-refractivity contribution in [2.75, 3.05) is 14.2 Å². The molecule has 0 aromatic heterocycles. The van der Waals surface area contributed by atoms with Gasteiger partial charge >= 0.3 is 0 Å². The lowest BCUT2D eigenvalue weighted by Crippen LogP contribution is -2.03. The van der Waals surface area contributed by atoms with Crippen LogP contribution in [0.5, 0.6) is 17.2 Å². The molecule has 1 rings (SSSR count). The second-order valence-corrected chi connectivity index (χ2v) is 3.96. The number of hydrogen-bond acceptors (Lipinski definition) is 7. The lowest BCUT2D eigenvalue weighted by atomic mass is 10.1. The number of hydrogen-bond donors (Lipinski definition) is 2. The fourth-order valence-corrected chi connectivity index (χ4v) is 1.61. The van der Waals surface area contributed by atoms with Gasteiger partial charge in [0.15, 0.2) is 17.1 Å². The van der Waals surface area contributed by atoms with Crippen molar-refractivity contribution in [1.29, 1.82) is 15.8 Å². The van der Waals surface area contributed by atoms with E-state index in [2.05, 4.69) is 0 Å². The van der Waals surface area contributed by atoms with Gasteiger partial charge in [-0.15, -0.1) is 0 Å². The molecular formula is C15H12N4O3. The summed E-state index contributed by atoms with van der Waals surface area (Å²) < 4.78 is 10.0. The molecule has 0 aliphatic heterocycles.